The number of methoxy groups -OCH3 is 1. The molecule has 5 heteroatoms. The Bertz CT molecular complexity index is 204. The van der Waals surface area contributed by atoms with Crippen LogP contribution in [-0.2, 0) is 19.0 Å². The molecule has 1 rings (SSSR count). The van der Waals surface area contributed by atoms with Crippen molar-refractivity contribution in [1.82, 2.24) is 0 Å². The largest absolute Gasteiger partial charge is 0.464 e. The SMILES string of the molecule is COCCOCCCOC(=O)C1(N)CC1. The van der Waals surface area contributed by atoms with Crippen LogP contribution in [-0.4, -0.2) is 45.0 Å². The molecule has 0 aromatic heterocycles. The van der Waals surface area contributed by atoms with Crippen molar-refractivity contribution in [3.05, 3.63) is 0 Å². The molecular formula is C10H19NO4. The lowest BCUT2D eigenvalue weighted by Crippen LogP contribution is -2.34. The molecule has 0 bridgehead atoms. The van der Waals surface area contributed by atoms with Crippen molar-refractivity contribution in [2.24, 2.45) is 5.73 Å². The number of esters is 1. The molecule has 0 unspecified atom stereocenters. The van der Waals surface area contributed by atoms with Crippen molar-refractivity contribution in [3.8, 4) is 0 Å². The Morgan fingerprint density at radius 2 is 2.00 bits per heavy atom. The van der Waals surface area contributed by atoms with E-state index < -0.39 is 5.54 Å². The first-order valence-corrected chi connectivity index (χ1v) is 5.22. The highest BCUT2D eigenvalue weighted by molar-refractivity contribution is 5.83. The molecule has 0 aromatic rings. The van der Waals surface area contributed by atoms with Crippen LogP contribution in [0.15, 0.2) is 0 Å². The number of nitrogens with two attached hydrogens (primary N) is 1. The normalized spacial score (nSPS) is 17.5. The molecule has 5 nitrogen and oxygen atoms in total. The monoisotopic (exact) mass is 217 g/mol. The van der Waals surface area contributed by atoms with Gasteiger partial charge in [-0.2, -0.15) is 0 Å². The van der Waals surface area contributed by atoms with Gasteiger partial charge in [-0.1, -0.05) is 0 Å². The molecule has 1 fully saturated rings. The third kappa shape index (κ3) is 4.59. The maximum atomic E-state index is 11.3. The molecule has 0 amide bonds. The molecule has 1 aliphatic carbocycles. The number of hydrogen-bond acceptors (Lipinski definition) is 5. The van der Waals surface area contributed by atoms with Crippen molar-refractivity contribution in [2.75, 3.05) is 33.5 Å². The van der Waals surface area contributed by atoms with Crippen LogP contribution >= 0.6 is 0 Å². The Kier molecular flexibility index (Phi) is 5.01. The summed E-state index contributed by atoms with van der Waals surface area (Å²) in [5.74, 6) is -0.278. The number of carbonyl (C=O) groups is 1. The quantitative estimate of drug-likeness (QED) is 0.460. The molecule has 15 heavy (non-hydrogen) atoms. The van der Waals surface area contributed by atoms with Gasteiger partial charge < -0.3 is 19.9 Å². The van der Waals surface area contributed by atoms with Crippen LogP contribution in [0.25, 0.3) is 0 Å². The Labute approximate surface area is 89.9 Å². The summed E-state index contributed by atoms with van der Waals surface area (Å²) in [5.41, 5.74) is 4.98. The Hall–Kier alpha value is -0.650. The summed E-state index contributed by atoms with van der Waals surface area (Å²) >= 11 is 0. The first-order valence-electron chi connectivity index (χ1n) is 5.22. The van der Waals surface area contributed by atoms with Crippen LogP contribution in [0.3, 0.4) is 0 Å². The van der Waals surface area contributed by atoms with E-state index in [2.05, 4.69) is 0 Å². The van der Waals surface area contributed by atoms with Gasteiger partial charge in [0, 0.05) is 20.1 Å². The van der Waals surface area contributed by atoms with E-state index in [4.69, 9.17) is 19.9 Å². The van der Waals surface area contributed by atoms with Gasteiger partial charge in [0.2, 0.25) is 0 Å². The molecule has 0 spiro atoms. The molecule has 2 N–H and O–H groups in total. The van der Waals surface area contributed by atoms with Gasteiger partial charge in [0.25, 0.3) is 0 Å². The average Bonchev–Trinajstić information content (AvgIpc) is 2.96. The summed E-state index contributed by atoms with van der Waals surface area (Å²) < 4.78 is 15.0. The van der Waals surface area contributed by atoms with Crippen molar-refractivity contribution in [1.29, 1.82) is 0 Å². The molecule has 0 aromatic carbocycles. The topological polar surface area (TPSA) is 70.8 Å². The zero-order valence-electron chi connectivity index (χ0n) is 9.16. The molecule has 1 aliphatic rings. The summed E-state index contributed by atoms with van der Waals surface area (Å²) in [5, 5.41) is 0. The fraction of sp³-hybridized carbons (Fsp3) is 0.900. The van der Waals surface area contributed by atoms with E-state index >= 15 is 0 Å². The molecular weight excluding hydrogens is 198 g/mol. The van der Waals surface area contributed by atoms with Gasteiger partial charge in [-0.3, -0.25) is 4.79 Å². The predicted octanol–water partition coefficient (Wildman–Crippen LogP) is 0.0740. The zero-order chi connectivity index (χ0) is 11.1. The summed E-state index contributed by atoms with van der Waals surface area (Å²) in [7, 11) is 1.63. The lowest BCUT2D eigenvalue weighted by Gasteiger charge is -2.09. The highest BCUT2D eigenvalue weighted by Gasteiger charge is 2.47. The molecule has 0 atom stereocenters. The average molecular weight is 217 g/mol. The standard InChI is InChI=1S/C10H19NO4/c1-13-7-8-14-5-2-6-15-9(12)10(11)3-4-10/h2-8,11H2,1H3. The van der Waals surface area contributed by atoms with Crippen molar-refractivity contribution in [2.45, 2.75) is 24.8 Å². The van der Waals surface area contributed by atoms with Crippen molar-refractivity contribution in [3.63, 3.8) is 0 Å². The van der Waals surface area contributed by atoms with Crippen molar-refractivity contribution >= 4 is 5.97 Å². The lowest BCUT2D eigenvalue weighted by molar-refractivity contribution is -0.146. The number of carbonyl (C=O) groups excluding carboxylic acids is 1. The van der Waals surface area contributed by atoms with Crippen LogP contribution in [0.4, 0.5) is 0 Å². The van der Waals surface area contributed by atoms with Gasteiger partial charge in [0.1, 0.15) is 5.54 Å². The third-order valence-corrected chi connectivity index (χ3v) is 2.29. The van der Waals surface area contributed by atoms with Crippen LogP contribution in [0, 0.1) is 0 Å². The Morgan fingerprint density at radius 3 is 2.60 bits per heavy atom. The Morgan fingerprint density at radius 1 is 1.27 bits per heavy atom. The summed E-state index contributed by atoms with van der Waals surface area (Å²) in [6.07, 6.45) is 2.19. The van der Waals surface area contributed by atoms with Gasteiger partial charge in [0.05, 0.1) is 19.8 Å². The second-order valence-corrected chi connectivity index (χ2v) is 3.75. The highest BCUT2D eigenvalue weighted by atomic mass is 16.5. The number of ether oxygens (including phenoxy) is 3. The maximum absolute atomic E-state index is 11.3. The van der Waals surface area contributed by atoms with Crippen LogP contribution in [0.5, 0.6) is 0 Å². The maximum Gasteiger partial charge on any atom is 0.326 e. The summed E-state index contributed by atoms with van der Waals surface area (Å²) in [6, 6.07) is 0. The van der Waals surface area contributed by atoms with E-state index in [0.717, 1.165) is 12.8 Å². The molecule has 88 valence electrons. The third-order valence-electron chi connectivity index (χ3n) is 2.29. The highest BCUT2D eigenvalue weighted by Crippen LogP contribution is 2.33. The zero-order valence-corrected chi connectivity index (χ0v) is 9.16. The first kappa shape index (κ1) is 12.4. The number of hydrogen-bond donors (Lipinski definition) is 1. The second kappa shape index (κ2) is 6.05. The minimum absolute atomic E-state index is 0.278. The second-order valence-electron chi connectivity index (χ2n) is 3.75. The molecule has 1 saturated carbocycles. The van der Waals surface area contributed by atoms with Crippen LogP contribution in [0.1, 0.15) is 19.3 Å². The predicted molar refractivity (Wildman–Crippen MR) is 54.4 cm³/mol. The van der Waals surface area contributed by atoms with Gasteiger partial charge >= 0.3 is 5.97 Å². The van der Waals surface area contributed by atoms with Crippen LogP contribution in [0.2, 0.25) is 0 Å². The van der Waals surface area contributed by atoms with E-state index in [-0.39, 0.29) is 5.97 Å². The van der Waals surface area contributed by atoms with Gasteiger partial charge in [-0.05, 0) is 12.8 Å². The minimum atomic E-state index is -0.670. The first-order chi connectivity index (χ1) is 7.19. The van der Waals surface area contributed by atoms with Gasteiger partial charge in [0.15, 0.2) is 0 Å². The van der Waals surface area contributed by atoms with Gasteiger partial charge in [-0.25, -0.2) is 0 Å². The van der Waals surface area contributed by atoms with Crippen LogP contribution < -0.4 is 5.73 Å². The van der Waals surface area contributed by atoms with E-state index in [1.54, 1.807) is 7.11 Å². The summed E-state index contributed by atoms with van der Waals surface area (Å²) in [4.78, 5) is 11.3. The van der Waals surface area contributed by atoms with E-state index in [1.807, 2.05) is 0 Å². The smallest absolute Gasteiger partial charge is 0.326 e. The number of rotatable bonds is 8. The molecule has 0 radical (unpaired) electrons. The molecule has 0 saturated heterocycles. The van der Waals surface area contributed by atoms with Crippen molar-refractivity contribution < 1.29 is 19.0 Å². The van der Waals surface area contributed by atoms with E-state index in [9.17, 15) is 4.79 Å². The fourth-order valence-corrected chi connectivity index (χ4v) is 1.05. The molecule has 0 aliphatic heterocycles. The minimum Gasteiger partial charge on any atom is -0.464 e. The lowest BCUT2D eigenvalue weighted by atomic mass is 10.3. The fourth-order valence-electron chi connectivity index (χ4n) is 1.05. The van der Waals surface area contributed by atoms with Gasteiger partial charge in [-0.15, -0.1) is 0 Å². The van der Waals surface area contributed by atoms with E-state index in [1.165, 1.54) is 0 Å². The van der Waals surface area contributed by atoms with E-state index in [0.29, 0.717) is 32.8 Å². The molecule has 0 heterocycles. The summed E-state index contributed by atoms with van der Waals surface area (Å²) in [6.45, 7) is 2.12. The Balaban J connectivity index is 1.86.